The summed E-state index contributed by atoms with van der Waals surface area (Å²) >= 11 is 0. The van der Waals surface area contributed by atoms with Gasteiger partial charge in [-0.1, -0.05) is 30.3 Å². The number of aromatic hydroxyl groups is 1. The van der Waals surface area contributed by atoms with Gasteiger partial charge in [0.2, 0.25) is 0 Å². The number of hydrogen-bond donors (Lipinski definition) is 1. The molecule has 0 bridgehead atoms. The molecule has 5 nitrogen and oxygen atoms in total. The van der Waals surface area contributed by atoms with Crippen LogP contribution < -0.4 is 14.2 Å². The van der Waals surface area contributed by atoms with E-state index in [1.807, 2.05) is 30.3 Å². The highest BCUT2D eigenvalue weighted by Gasteiger charge is 2.12. The smallest absolute Gasteiger partial charge is 0.189 e. The maximum atomic E-state index is 12.6. The lowest BCUT2D eigenvalue weighted by molar-refractivity contribution is 0.104. The summed E-state index contributed by atoms with van der Waals surface area (Å²) in [5.74, 6) is 1.36. The third-order valence-electron chi connectivity index (χ3n) is 4.34. The largest absolute Gasteiger partial charge is 0.507 e. The van der Waals surface area contributed by atoms with Crippen LogP contribution in [0.2, 0.25) is 0 Å². The Bertz CT molecular complexity index is 1010. The Balaban J connectivity index is 1.73. The van der Waals surface area contributed by atoms with Gasteiger partial charge >= 0.3 is 0 Å². The predicted octanol–water partition coefficient (Wildman–Crippen LogP) is 4.88. The van der Waals surface area contributed by atoms with Gasteiger partial charge in [0, 0.05) is 17.7 Å². The zero-order chi connectivity index (χ0) is 20.6. The van der Waals surface area contributed by atoms with Gasteiger partial charge in [0.15, 0.2) is 5.78 Å². The quantitative estimate of drug-likeness (QED) is 0.438. The van der Waals surface area contributed by atoms with Crippen molar-refractivity contribution in [2.45, 2.75) is 6.61 Å². The first-order valence-corrected chi connectivity index (χ1v) is 9.05. The van der Waals surface area contributed by atoms with Crippen molar-refractivity contribution in [3.8, 4) is 23.0 Å². The van der Waals surface area contributed by atoms with Crippen molar-refractivity contribution < 1.29 is 24.1 Å². The molecule has 0 heterocycles. The van der Waals surface area contributed by atoms with Crippen LogP contribution >= 0.6 is 0 Å². The van der Waals surface area contributed by atoms with Gasteiger partial charge in [-0.15, -0.1) is 0 Å². The second-order valence-corrected chi connectivity index (χ2v) is 6.26. The van der Waals surface area contributed by atoms with Crippen LogP contribution in [-0.2, 0) is 6.61 Å². The van der Waals surface area contributed by atoms with E-state index in [1.165, 1.54) is 26.4 Å². The number of ether oxygens (including phenoxy) is 3. The van der Waals surface area contributed by atoms with E-state index in [2.05, 4.69) is 0 Å². The van der Waals surface area contributed by atoms with Gasteiger partial charge in [-0.25, -0.2) is 0 Å². The molecule has 1 N–H and O–H groups in total. The van der Waals surface area contributed by atoms with Crippen molar-refractivity contribution in [3.05, 3.63) is 89.5 Å². The van der Waals surface area contributed by atoms with E-state index in [1.54, 1.807) is 36.4 Å². The van der Waals surface area contributed by atoms with Gasteiger partial charge in [0.1, 0.15) is 29.6 Å². The van der Waals surface area contributed by atoms with Gasteiger partial charge in [0.05, 0.1) is 19.8 Å². The van der Waals surface area contributed by atoms with E-state index in [9.17, 15) is 9.90 Å². The number of phenolic OH excluding ortho intramolecular Hbond substituents is 1. The van der Waals surface area contributed by atoms with Crippen LogP contribution in [0.15, 0.2) is 72.8 Å². The maximum absolute atomic E-state index is 12.6. The summed E-state index contributed by atoms with van der Waals surface area (Å²) in [5.41, 5.74) is 1.97. The Kier molecular flexibility index (Phi) is 6.53. The zero-order valence-corrected chi connectivity index (χ0v) is 16.3. The molecule has 29 heavy (non-hydrogen) atoms. The van der Waals surface area contributed by atoms with E-state index in [0.29, 0.717) is 35.0 Å². The van der Waals surface area contributed by atoms with Crippen molar-refractivity contribution in [1.82, 2.24) is 0 Å². The highest BCUT2D eigenvalue weighted by Crippen LogP contribution is 2.28. The fourth-order valence-electron chi connectivity index (χ4n) is 2.75. The molecule has 0 spiro atoms. The molecule has 0 aromatic heterocycles. The SMILES string of the molecule is COc1ccc(C=CC(=O)c2ccc(OCc3ccccc3)cc2OC)c(O)c1. The number of phenols is 1. The summed E-state index contributed by atoms with van der Waals surface area (Å²) in [7, 11) is 3.03. The molecule has 0 aliphatic heterocycles. The van der Waals surface area contributed by atoms with Gasteiger partial charge in [-0.3, -0.25) is 4.79 Å². The minimum absolute atomic E-state index is 0.0324. The van der Waals surface area contributed by atoms with Gasteiger partial charge in [-0.2, -0.15) is 0 Å². The van der Waals surface area contributed by atoms with Crippen molar-refractivity contribution in [1.29, 1.82) is 0 Å². The Morgan fingerprint density at radius 2 is 1.69 bits per heavy atom. The molecule has 0 aliphatic carbocycles. The molecule has 3 aromatic rings. The predicted molar refractivity (Wildman–Crippen MR) is 112 cm³/mol. The molecule has 0 saturated carbocycles. The summed E-state index contributed by atoms with van der Waals surface area (Å²) < 4.78 is 16.2. The van der Waals surface area contributed by atoms with E-state index in [-0.39, 0.29) is 11.5 Å². The lowest BCUT2D eigenvalue weighted by atomic mass is 10.1. The number of rotatable bonds is 8. The number of benzene rings is 3. The number of ketones is 1. The zero-order valence-electron chi connectivity index (χ0n) is 16.3. The summed E-state index contributed by atoms with van der Waals surface area (Å²) in [6.45, 7) is 0.425. The van der Waals surface area contributed by atoms with Gasteiger partial charge < -0.3 is 19.3 Å². The van der Waals surface area contributed by atoms with E-state index < -0.39 is 0 Å². The van der Waals surface area contributed by atoms with Crippen LogP contribution in [0.3, 0.4) is 0 Å². The molecule has 148 valence electrons. The number of hydrogen-bond acceptors (Lipinski definition) is 5. The maximum Gasteiger partial charge on any atom is 0.189 e. The highest BCUT2D eigenvalue weighted by atomic mass is 16.5. The number of carbonyl (C=O) groups excluding carboxylic acids is 1. The van der Waals surface area contributed by atoms with E-state index in [0.717, 1.165) is 5.56 Å². The standard InChI is InChI=1S/C24H22O5/c1-27-19-10-8-18(23(26)14-19)9-13-22(25)21-12-11-20(15-24(21)28-2)29-16-17-6-4-3-5-7-17/h3-15,26H,16H2,1-2H3. The molecule has 0 radical (unpaired) electrons. The van der Waals surface area contributed by atoms with Crippen LogP contribution in [0, 0.1) is 0 Å². The van der Waals surface area contributed by atoms with Crippen LogP contribution in [0.1, 0.15) is 21.5 Å². The van der Waals surface area contributed by atoms with Crippen molar-refractivity contribution in [2.75, 3.05) is 14.2 Å². The monoisotopic (exact) mass is 390 g/mol. The Hall–Kier alpha value is -3.73. The summed E-state index contributed by atoms with van der Waals surface area (Å²) in [5, 5.41) is 10.0. The van der Waals surface area contributed by atoms with Crippen molar-refractivity contribution in [2.24, 2.45) is 0 Å². The fraction of sp³-hybridized carbons (Fsp3) is 0.125. The Labute approximate surface area is 169 Å². The molecule has 3 rings (SSSR count). The minimum atomic E-state index is -0.244. The lowest BCUT2D eigenvalue weighted by Crippen LogP contribution is -2.01. The van der Waals surface area contributed by atoms with Crippen LogP contribution in [0.4, 0.5) is 0 Å². The fourth-order valence-corrected chi connectivity index (χ4v) is 2.75. The van der Waals surface area contributed by atoms with Crippen molar-refractivity contribution in [3.63, 3.8) is 0 Å². The molecule has 0 amide bonds. The normalized spacial score (nSPS) is 10.7. The van der Waals surface area contributed by atoms with Gasteiger partial charge in [0.25, 0.3) is 0 Å². The third-order valence-corrected chi connectivity index (χ3v) is 4.34. The highest BCUT2D eigenvalue weighted by molar-refractivity contribution is 6.08. The van der Waals surface area contributed by atoms with Crippen LogP contribution in [0.25, 0.3) is 6.08 Å². The molecule has 0 atom stereocenters. The number of methoxy groups -OCH3 is 2. The minimum Gasteiger partial charge on any atom is -0.507 e. The first-order valence-electron chi connectivity index (χ1n) is 9.05. The number of carbonyl (C=O) groups is 1. The third kappa shape index (κ3) is 5.17. The lowest BCUT2D eigenvalue weighted by Gasteiger charge is -2.10. The molecular weight excluding hydrogens is 368 g/mol. The molecule has 5 heteroatoms. The van der Waals surface area contributed by atoms with E-state index >= 15 is 0 Å². The first-order chi connectivity index (χ1) is 14.1. The first kappa shape index (κ1) is 20.0. The topological polar surface area (TPSA) is 65.0 Å². The molecule has 0 saturated heterocycles. The average Bonchev–Trinajstić information content (AvgIpc) is 2.77. The molecular formula is C24H22O5. The Morgan fingerprint density at radius 3 is 2.38 bits per heavy atom. The second kappa shape index (κ2) is 9.46. The second-order valence-electron chi connectivity index (χ2n) is 6.26. The molecule has 0 aliphatic rings. The van der Waals surface area contributed by atoms with Gasteiger partial charge in [-0.05, 0) is 42.0 Å². The number of allylic oxidation sites excluding steroid dienone is 1. The average molecular weight is 390 g/mol. The molecule has 0 unspecified atom stereocenters. The Morgan fingerprint density at radius 1 is 0.931 bits per heavy atom. The summed E-state index contributed by atoms with van der Waals surface area (Å²) in [6, 6.07) is 19.8. The summed E-state index contributed by atoms with van der Waals surface area (Å²) in [6.07, 6.45) is 2.94. The van der Waals surface area contributed by atoms with Crippen molar-refractivity contribution >= 4 is 11.9 Å². The summed E-state index contributed by atoms with van der Waals surface area (Å²) in [4.78, 5) is 12.6. The van der Waals surface area contributed by atoms with Crippen LogP contribution in [0.5, 0.6) is 23.0 Å². The van der Waals surface area contributed by atoms with Crippen LogP contribution in [-0.4, -0.2) is 25.1 Å². The van der Waals surface area contributed by atoms with E-state index in [4.69, 9.17) is 14.2 Å². The molecule has 0 fully saturated rings. The molecule has 3 aromatic carbocycles.